The molecule has 0 aromatic carbocycles. The molecule has 0 atom stereocenters. The third-order valence-electron chi connectivity index (χ3n) is 4.53. The van der Waals surface area contributed by atoms with Crippen molar-refractivity contribution >= 4 is 11.8 Å². The summed E-state index contributed by atoms with van der Waals surface area (Å²) in [7, 11) is 0. The zero-order valence-corrected chi connectivity index (χ0v) is 14.4. The van der Waals surface area contributed by atoms with Crippen LogP contribution in [0.3, 0.4) is 0 Å². The van der Waals surface area contributed by atoms with E-state index >= 15 is 0 Å². The van der Waals surface area contributed by atoms with Crippen LogP contribution in [0, 0.1) is 6.92 Å². The minimum Gasteiger partial charge on any atom is -0.392 e. The van der Waals surface area contributed by atoms with E-state index in [1.54, 1.807) is 18.3 Å². The van der Waals surface area contributed by atoms with Crippen LogP contribution in [-0.2, 0) is 6.61 Å². The van der Waals surface area contributed by atoms with Crippen LogP contribution in [0.2, 0.25) is 0 Å². The molecule has 7 nitrogen and oxygen atoms in total. The Hall–Kier alpha value is -2.55. The Balaban J connectivity index is 1.97. The minimum absolute atomic E-state index is 0.136. The molecule has 0 radical (unpaired) electrons. The largest absolute Gasteiger partial charge is 0.392 e. The van der Waals surface area contributed by atoms with Crippen molar-refractivity contribution in [1.82, 2.24) is 14.8 Å². The summed E-state index contributed by atoms with van der Waals surface area (Å²) in [6, 6.07) is 3.76. The zero-order chi connectivity index (χ0) is 18.9. The van der Waals surface area contributed by atoms with E-state index in [9.17, 15) is 18.7 Å². The number of hydrogen-bond acceptors (Lipinski definition) is 4. The topological polar surface area (TPSA) is 97.3 Å². The summed E-state index contributed by atoms with van der Waals surface area (Å²) in [4.78, 5) is 17.7. The van der Waals surface area contributed by atoms with Gasteiger partial charge in [0.25, 0.3) is 0 Å². The van der Waals surface area contributed by atoms with E-state index in [2.05, 4.69) is 10.1 Å². The summed E-state index contributed by atoms with van der Waals surface area (Å²) in [6.45, 7) is 1.56. The summed E-state index contributed by atoms with van der Waals surface area (Å²) in [5.41, 5.74) is 6.83. The molecule has 0 unspecified atom stereocenters. The van der Waals surface area contributed by atoms with Gasteiger partial charge in [-0.1, -0.05) is 0 Å². The van der Waals surface area contributed by atoms with E-state index in [-0.39, 0.29) is 38.1 Å². The van der Waals surface area contributed by atoms with E-state index in [1.165, 1.54) is 15.6 Å². The van der Waals surface area contributed by atoms with Gasteiger partial charge in [-0.15, -0.1) is 0 Å². The number of alkyl halides is 2. The number of carbonyl (C=O) groups is 1. The number of aliphatic hydroxyl groups is 1. The molecule has 1 aliphatic carbocycles. The quantitative estimate of drug-likeness (QED) is 0.870. The van der Waals surface area contributed by atoms with Gasteiger partial charge < -0.3 is 10.8 Å². The van der Waals surface area contributed by atoms with E-state index in [0.29, 0.717) is 11.4 Å². The van der Waals surface area contributed by atoms with Crippen LogP contribution >= 0.6 is 0 Å². The maximum absolute atomic E-state index is 13.5. The summed E-state index contributed by atoms with van der Waals surface area (Å²) < 4.78 is 28.4. The highest BCUT2D eigenvalue weighted by Crippen LogP contribution is 2.36. The molecule has 2 amide bonds. The van der Waals surface area contributed by atoms with Crippen molar-refractivity contribution in [3.8, 4) is 5.82 Å². The molecule has 9 heteroatoms. The lowest BCUT2D eigenvalue weighted by molar-refractivity contribution is -0.0376. The number of pyridine rings is 1. The Morgan fingerprint density at radius 1 is 1.42 bits per heavy atom. The highest BCUT2D eigenvalue weighted by Gasteiger charge is 2.38. The number of nitrogens with zero attached hydrogens (tertiary/aromatic N) is 4. The van der Waals surface area contributed by atoms with Gasteiger partial charge in [0.1, 0.15) is 5.82 Å². The minimum atomic E-state index is -2.71. The van der Waals surface area contributed by atoms with Gasteiger partial charge >= 0.3 is 6.03 Å². The SMILES string of the molecule is Cc1ccn(-c2cc(CO)cc(N(C(N)=O)C3CCC(F)(F)CC3)n2)n1. The Labute approximate surface area is 149 Å². The summed E-state index contributed by atoms with van der Waals surface area (Å²) in [5.74, 6) is -2.08. The highest BCUT2D eigenvalue weighted by atomic mass is 19.3. The molecule has 3 N–H and O–H groups in total. The number of anilines is 1. The maximum Gasteiger partial charge on any atom is 0.320 e. The van der Waals surface area contributed by atoms with Crippen LogP contribution in [0.5, 0.6) is 0 Å². The molecule has 0 spiro atoms. The fraction of sp³-hybridized carbons (Fsp3) is 0.471. The van der Waals surface area contributed by atoms with E-state index < -0.39 is 18.0 Å². The molecule has 26 heavy (non-hydrogen) atoms. The van der Waals surface area contributed by atoms with Gasteiger partial charge in [-0.3, -0.25) is 4.90 Å². The lowest BCUT2D eigenvalue weighted by Gasteiger charge is -2.35. The summed E-state index contributed by atoms with van der Waals surface area (Å²) in [6.07, 6.45) is 1.38. The van der Waals surface area contributed by atoms with Gasteiger partial charge in [-0.05, 0) is 43.5 Å². The normalized spacial score (nSPS) is 17.2. The van der Waals surface area contributed by atoms with Crippen molar-refractivity contribution in [2.75, 3.05) is 4.90 Å². The number of urea groups is 1. The summed E-state index contributed by atoms with van der Waals surface area (Å²) >= 11 is 0. The van der Waals surface area contributed by atoms with Crippen molar-refractivity contribution in [3.63, 3.8) is 0 Å². The van der Waals surface area contributed by atoms with Crippen LogP contribution in [0.25, 0.3) is 5.82 Å². The van der Waals surface area contributed by atoms with Crippen LogP contribution in [0.15, 0.2) is 24.4 Å². The molecule has 0 bridgehead atoms. The van der Waals surface area contributed by atoms with Crippen LogP contribution < -0.4 is 10.6 Å². The number of aromatic nitrogens is 3. The van der Waals surface area contributed by atoms with Crippen LogP contribution in [0.1, 0.15) is 36.9 Å². The first kappa shape index (κ1) is 18.2. The Morgan fingerprint density at radius 3 is 2.65 bits per heavy atom. The molecular formula is C17H21F2N5O2. The highest BCUT2D eigenvalue weighted by molar-refractivity contribution is 5.90. The van der Waals surface area contributed by atoms with Gasteiger partial charge in [0, 0.05) is 25.1 Å². The average molecular weight is 365 g/mol. The first-order valence-electron chi connectivity index (χ1n) is 8.40. The van der Waals surface area contributed by atoms with Crippen molar-refractivity contribution in [2.45, 2.75) is 51.2 Å². The smallest absolute Gasteiger partial charge is 0.320 e. The third kappa shape index (κ3) is 3.82. The number of rotatable bonds is 4. The standard InChI is InChI=1S/C17H21F2N5O2/c1-11-4-7-23(22-11)14-8-12(10-25)9-15(21-14)24(16(20)26)13-2-5-17(18,19)6-3-13/h4,7-9,13,25H,2-3,5-6,10H2,1H3,(H2,20,26). The monoisotopic (exact) mass is 365 g/mol. The van der Waals surface area contributed by atoms with Crippen LogP contribution in [0.4, 0.5) is 19.4 Å². The van der Waals surface area contributed by atoms with Gasteiger partial charge in [0.15, 0.2) is 5.82 Å². The van der Waals surface area contributed by atoms with Gasteiger partial charge in [-0.2, -0.15) is 5.10 Å². The second kappa shape index (κ2) is 6.99. The molecular weight excluding hydrogens is 344 g/mol. The molecule has 1 aliphatic rings. The van der Waals surface area contributed by atoms with Crippen molar-refractivity contribution < 1.29 is 18.7 Å². The van der Waals surface area contributed by atoms with E-state index in [4.69, 9.17) is 5.73 Å². The predicted molar refractivity (Wildman–Crippen MR) is 91.3 cm³/mol. The van der Waals surface area contributed by atoms with Gasteiger partial charge in [-0.25, -0.2) is 23.2 Å². The second-order valence-electron chi connectivity index (χ2n) is 6.55. The van der Waals surface area contributed by atoms with E-state index in [1.807, 2.05) is 6.92 Å². The number of aliphatic hydroxyl groups excluding tert-OH is 1. The molecule has 0 saturated heterocycles. The number of carbonyl (C=O) groups excluding carboxylic acids is 1. The van der Waals surface area contributed by atoms with Crippen molar-refractivity contribution in [1.29, 1.82) is 0 Å². The zero-order valence-electron chi connectivity index (χ0n) is 14.4. The second-order valence-corrected chi connectivity index (χ2v) is 6.55. The lowest BCUT2D eigenvalue weighted by Crippen LogP contribution is -2.47. The Kier molecular flexibility index (Phi) is 4.90. The number of halogens is 2. The van der Waals surface area contributed by atoms with Crippen molar-refractivity contribution in [3.05, 3.63) is 35.7 Å². The average Bonchev–Trinajstić information content (AvgIpc) is 3.02. The number of amides is 2. The van der Waals surface area contributed by atoms with Gasteiger partial charge in [0.2, 0.25) is 5.92 Å². The molecule has 2 aromatic heterocycles. The maximum atomic E-state index is 13.5. The first-order valence-corrected chi connectivity index (χ1v) is 8.40. The Bertz CT molecular complexity index is 798. The van der Waals surface area contributed by atoms with Crippen molar-refractivity contribution in [2.24, 2.45) is 5.73 Å². The lowest BCUT2D eigenvalue weighted by atomic mass is 9.91. The molecule has 3 rings (SSSR count). The fourth-order valence-corrected chi connectivity index (χ4v) is 3.19. The number of hydrogen-bond donors (Lipinski definition) is 2. The molecule has 2 aromatic rings. The molecule has 2 heterocycles. The van der Waals surface area contributed by atoms with Crippen LogP contribution in [-0.4, -0.2) is 37.9 Å². The number of aryl methyl sites for hydroxylation is 1. The number of nitrogens with two attached hydrogens (primary N) is 1. The molecule has 1 saturated carbocycles. The summed E-state index contributed by atoms with van der Waals surface area (Å²) in [5, 5.41) is 13.8. The third-order valence-corrected chi connectivity index (χ3v) is 4.53. The van der Waals surface area contributed by atoms with Gasteiger partial charge in [0.05, 0.1) is 12.3 Å². The molecule has 140 valence electrons. The molecule has 1 fully saturated rings. The van der Waals surface area contributed by atoms with E-state index in [0.717, 1.165) is 5.69 Å². The predicted octanol–water partition coefficient (Wildman–Crippen LogP) is 2.53. The Morgan fingerprint density at radius 2 is 2.12 bits per heavy atom. The first-order chi connectivity index (χ1) is 12.3. The molecule has 0 aliphatic heterocycles. The fourth-order valence-electron chi connectivity index (χ4n) is 3.19. The number of primary amides is 1.